The number of carbonyl (C=O) groups is 1. The standard InChI is InChI=1S/C9H15FO2/c1-12-9(11)7-5-3-2-4-6-8(7)10/h7-8H,2-6H2,1H3/t7-,8-/m1/s1. The largest absolute Gasteiger partial charge is 0.469 e. The Morgan fingerprint density at radius 1 is 1.33 bits per heavy atom. The summed E-state index contributed by atoms with van der Waals surface area (Å²) in [5, 5.41) is 0. The van der Waals surface area contributed by atoms with Gasteiger partial charge in [0, 0.05) is 0 Å². The van der Waals surface area contributed by atoms with Crippen molar-refractivity contribution in [3.8, 4) is 0 Å². The molecule has 1 aliphatic carbocycles. The van der Waals surface area contributed by atoms with Gasteiger partial charge in [-0.05, 0) is 12.8 Å². The van der Waals surface area contributed by atoms with Gasteiger partial charge in [-0.3, -0.25) is 4.79 Å². The van der Waals surface area contributed by atoms with Crippen LogP contribution in [0.15, 0.2) is 0 Å². The van der Waals surface area contributed by atoms with Crippen LogP contribution >= 0.6 is 0 Å². The highest BCUT2D eigenvalue weighted by Crippen LogP contribution is 2.26. The van der Waals surface area contributed by atoms with E-state index in [2.05, 4.69) is 4.74 Å². The molecule has 1 rings (SSSR count). The first-order chi connectivity index (χ1) is 5.75. The molecular weight excluding hydrogens is 159 g/mol. The molecule has 0 radical (unpaired) electrons. The zero-order valence-electron chi connectivity index (χ0n) is 7.38. The summed E-state index contributed by atoms with van der Waals surface area (Å²) >= 11 is 0. The van der Waals surface area contributed by atoms with E-state index in [1.165, 1.54) is 7.11 Å². The number of methoxy groups -OCH3 is 1. The summed E-state index contributed by atoms with van der Waals surface area (Å²) in [6.45, 7) is 0. The van der Waals surface area contributed by atoms with Crippen LogP contribution < -0.4 is 0 Å². The number of ether oxygens (including phenoxy) is 1. The summed E-state index contributed by atoms with van der Waals surface area (Å²) in [7, 11) is 1.32. The molecule has 0 aromatic rings. The molecule has 1 saturated carbocycles. The van der Waals surface area contributed by atoms with Gasteiger partial charge < -0.3 is 4.74 Å². The van der Waals surface area contributed by atoms with Crippen molar-refractivity contribution in [3.63, 3.8) is 0 Å². The fourth-order valence-corrected chi connectivity index (χ4v) is 1.68. The van der Waals surface area contributed by atoms with Crippen molar-refractivity contribution >= 4 is 5.97 Å². The number of halogens is 1. The van der Waals surface area contributed by atoms with E-state index in [0.717, 1.165) is 19.3 Å². The molecule has 2 atom stereocenters. The quantitative estimate of drug-likeness (QED) is 0.449. The molecule has 12 heavy (non-hydrogen) atoms. The average Bonchev–Trinajstić information content (AvgIpc) is 2.28. The summed E-state index contributed by atoms with van der Waals surface area (Å²) in [5.41, 5.74) is 0. The number of carbonyl (C=O) groups excluding carboxylic acids is 1. The molecule has 0 unspecified atom stereocenters. The van der Waals surface area contributed by atoms with E-state index in [4.69, 9.17) is 0 Å². The fourth-order valence-electron chi connectivity index (χ4n) is 1.68. The molecule has 70 valence electrons. The Kier molecular flexibility index (Phi) is 3.50. The topological polar surface area (TPSA) is 26.3 Å². The van der Waals surface area contributed by atoms with E-state index in [1.54, 1.807) is 0 Å². The number of hydrogen-bond donors (Lipinski definition) is 0. The Bertz CT molecular complexity index is 159. The van der Waals surface area contributed by atoms with Gasteiger partial charge in [-0.15, -0.1) is 0 Å². The highest BCUT2D eigenvalue weighted by Gasteiger charge is 2.30. The summed E-state index contributed by atoms with van der Waals surface area (Å²) in [5.74, 6) is -0.887. The lowest BCUT2D eigenvalue weighted by atomic mass is 9.99. The molecule has 0 amide bonds. The first-order valence-electron chi connectivity index (χ1n) is 4.47. The zero-order chi connectivity index (χ0) is 8.97. The first-order valence-corrected chi connectivity index (χ1v) is 4.47. The minimum Gasteiger partial charge on any atom is -0.469 e. The van der Waals surface area contributed by atoms with Crippen LogP contribution in [0, 0.1) is 5.92 Å². The first kappa shape index (κ1) is 9.49. The minimum atomic E-state index is -0.986. The Hall–Kier alpha value is -0.600. The van der Waals surface area contributed by atoms with Gasteiger partial charge in [0.15, 0.2) is 0 Å². The monoisotopic (exact) mass is 174 g/mol. The maximum absolute atomic E-state index is 13.2. The summed E-state index contributed by atoms with van der Waals surface area (Å²) in [6, 6.07) is 0. The molecule has 0 saturated heterocycles. The summed E-state index contributed by atoms with van der Waals surface area (Å²) in [6.07, 6.45) is 3.05. The molecule has 0 N–H and O–H groups in total. The third-order valence-electron chi connectivity index (χ3n) is 2.44. The average molecular weight is 174 g/mol. The molecular formula is C9H15FO2. The van der Waals surface area contributed by atoms with Crippen molar-refractivity contribution < 1.29 is 13.9 Å². The maximum atomic E-state index is 13.2. The third kappa shape index (κ3) is 2.19. The normalized spacial score (nSPS) is 30.8. The van der Waals surface area contributed by atoms with Crippen LogP contribution in [0.4, 0.5) is 4.39 Å². The van der Waals surface area contributed by atoms with Crippen LogP contribution in [0.3, 0.4) is 0 Å². The minimum absolute atomic E-state index is 0.385. The lowest BCUT2D eigenvalue weighted by molar-refractivity contribution is -0.148. The number of hydrogen-bond acceptors (Lipinski definition) is 2. The molecule has 0 spiro atoms. The third-order valence-corrected chi connectivity index (χ3v) is 2.44. The van der Waals surface area contributed by atoms with E-state index >= 15 is 0 Å². The van der Waals surface area contributed by atoms with Crippen molar-refractivity contribution in [2.45, 2.75) is 38.3 Å². The van der Waals surface area contributed by atoms with Gasteiger partial charge in [-0.2, -0.15) is 0 Å². The Morgan fingerprint density at radius 2 is 2.00 bits per heavy atom. The van der Waals surface area contributed by atoms with E-state index < -0.39 is 12.1 Å². The van der Waals surface area contributed by atoms with Crippen molar-refractivity contribution in [2.24, 2.45) is 5.92 Å². The number of alkyl halides is 1. The van der Waals surface area contributed by atoms with Gasteiger partial charge in [0.1, 0.15) is 6.17 Å². The molecule has 0 bridgehead atoms. The fraction of sp³-hybridized carbons (Fsp3) is 0.889. The van der Waals surface area contributed by atoms with Crippen LogP contribution in [0.5, 0.6) is 0 Å². The van der Waals surface area contributed by atoms with Crippen molar-refractivity contribution in [1.29, 1.82) is 0 Å². The van der Waals surface area contributed by atoms with Gasteiger partial charge in [-0.25, -0.2) is 4.39 Å². The van der Waals surface area contributed by atoms with Crippen molar-refractivity contribution in [2.75, 3.05) is 7.11 Å². The number of rotatable bonds is 1. The second-order valence-electron chi connectivity index (χ2n) is 3.28. The van der Waals surface area contributed by atoms with Crippen molar-refractivity contribution in [1.82, 2.24) is 0 Å². The summed E-state index contributed by atoms with van der Waals surface area (Å²) < 4.78 is 17.8. The molecule has 1 fully saturated rings. The van der Waals surface area contributed by atoms with Crippen LogP contribution in [0.1, 0.15) is 32.1 Å². The van der Waals surface area contributed by atoms with E-state index in [0.29, 0.717) is 12.8 Å². The molecule has 0 heterocycles. The molecule has 0 aromatic carbocycles. The smallest absolute Gasteiger partial charge is 0.311 e. The van der Waals surface area contributed by atoms with Crippen LogP contribution in [-0.2, 0) is 9.53 Å². The predicted octanol–water partition coefficient (Wildman–Crippen LogP) is 2.08. The van der Waals surface area contributed by atoms with Gasteiger partial charge >= 0.3 is 5.97 Å². The lowest BCUT2D eigenvalue weighted by Gasteiger charge is -2.14. The SMILES string of the molecule is COC(=O)[C@@H]1CCCCC[C@H]1F. The highest BCUT2D eigenvalue weighted by atomic mass is 19.1. The highest BCUT2D eigenvalue weighted by molar-refractivity contribution is 5.72. The van der Waals surface area contributed by atoms with Gasteiger partial charge in [0.05, 0.1) is 13.0 Å². The molecule has 2 nitrogen and oxygen atoms in total. The summed E-state index contributed by atoms with van der Waals surface area (Å²) in [4.78, 5) is 11.1. The zero-order valence-corrected chi connectivity index (χ0v) is 7.38. The van der Waals surface area contributed by atoms with E-state index in [1.807, 2.05) is 0 Å². The maximum Gasteiger partial charge on any atom is 0.311 e. The van der Waals surface area contributed by atoms with Gasteiger partial charge in [-0.1, -0.05) is 19.3 Å². The van der Waals surface area contributed by atoms with Gasteiger partial charge in [0.25, 0.3) is 0 Å². The van der Waals surface area contributed by atoms with Crippen LogP contribution in [0.2, 0.25) is 0 Å². The Morgan fingerprint density at radius 3 is 2.67 bits per heavy atom. The van der Waals surface area contributed by atoms with E-state index in [-0.39, 0.29) is 5.97 Å². The Balaban J connectivity index is 2.52. The number of esters is 1. The van der Waals surface area contributed by atoms with E-state index in [9.17, 15) is 9.18 Å². The predicted molar refractivity (Wildman–Crippen MR) is 43.5 cm³/mol. The Labute approximate surface area is 72.1 Å². The van der Waals surface area contributed by atoms with Crippen LogP contribution in [0.25, 0.3) is 0 Å². The molecule has 3 heteroatoms. The second-order valence-corrected chi connectivity index (χ2v) is 3.28. The van der Waals surface area contributed by atoms with Crippen LogP contribution in [-0.4, -0.2) is 19.3 Å². The van der Waals surface area contributed by atoms with Gasteiger partial charge in [0.2, 0.25) is 0 Å². The molecule has 0 aliphatic heterocycles. The molecule has 0 aromatic heterocycles. The second kappa shape index (κ2) is 4.43. The lowest BCUT2D eigenvalue weighted by Crippen LogP contribution is -2.25. The van der Waals surface area contributed by atoms with Crippen molar-refractivity contribution in [3.05, 3.63) is 0 Å². The molecule has 1 aliphatic rings.